The van der Waals surface area contributed by atoms with Gasteiger partial charge in [-0.05, 0) is 0 Å². The Morgan fingerprint density at radius 2 is 2.32 bits per heavy atom. The third-order valence-corrected chi connectivity index (χ3v) is 2.53. The molecule has 0 bridgehead atoms. The van der Waals surface area contributed by atoms with Gasteiger partial charge in [-0.2, -0.15) is 5.26 Å². The molecule has 6 nitrogen and oxygen atoms in total. The third-order valence-electron chi connectivity index (χ3n) is 2.53. The fourth-order valence-electron chi connectivity index (χ4n) is 1.61. The Kier molecular flexibility index (Phi) is 3.88. The van der Waals surface area contributed by atoms with E-state index in [1.165, 1.54) is 0 Å². The number of nitriles is 1. The minimum atomic E-state index is -0.393. The number of aliphatic hydroxyl groups excluding tert-OH is 1. The van der Waals surface area contributed by atoms with E-state index in [0.717, 1.165) is 0 Å². The minimum absolute atomic E-state index is 0.123. The first-order valence-electron chi connectivity index (χ1n) is 5.83. The number of benzene rings is 1. The van der Waals surface area contributed by atoms with Crippen molar-refractivity contribution in [1.29, 1.82) is 5.26 Å². The Morgan fingerprint density at radius 1 is 1.53 bits per heavy atom. The number of hydrogen-bond donors (Lipinski definition) is 1. The summed E-state index contributed by atoms with van der Waals surface area (Å²) in [6.45, 7) is 0.161. The van der Waals surface area contributed by atoms with Crippen LogP contribution in [0.1, 0.15) is 5.56 Å². The lowest BCUT2D eigenvalue weighted by Crippen LogP contribution is -2.32. The molecule has 2 rings (SSSR count). The molecule has 1 atom stereocenters. The highest BCUT2D eigenvalue weighted by molar-refractivity contribution is 5.68. The van der Waals surface area contributed by atoms with Gasteiger partial charge in [0.05, 0.1) is 24.2 Å². The van der Waals surface area contributed by atoms with Crippen molar-refractivity contribution in [2.24, 2.45) is 4.99 Å². The van der Waals surface area contributed by atoms with Crippen LogP contribution >= 0.6 is 0 Å². The predicted octanol–water partition coefficient (Wildman–Crippen LogP) is 0.912. The van der Waals surface area contributed by atoms with E-state index >= 15 is 0 Å². The summed E-state index contributed by atoms with van der Waals surface area (Å²) in [5, 5.41) is 18.2. The SMILES string of the molecule is CN(C)C=Nc1cc2c(cc1C#N)OC(CO)CO2. The van der Waals surface area contributed by atoms with Crippen molar-refractivity contribution in [1.82, 2.24) is 4.90 Å². The third kappa shape index (κ3) is 2.95. The Labute approximate surface area is 111 Å². The van der Waals surface area contributed by atoms with Crippen molar-refractivity contribution in [2.75, 3.05) is 27.3 Å². The number of rotatable bonds is 3. The smallest absolute Gasteiger partial charge is 0.163 e. The zero-order chi connectivity index (χ0) is 13.8. The molecule has 0 amide bonds. The highest BCUT2D eigenvalue weighted by Crippen LogP contribution is 2.37. The Balaban J connectivity index is 2.35. The van der Waals surface area contributed by atoms with Crippen LogP contribution in [0.15, 0.2) is 17.1 Å². The molecule has 1 aliphatic rings. The maximum absolute atomic E-state index is 9.13. The summed E-state index contributed by atoms with van der Waals surface area (Å²) in [6, 6.07) is 5.32. The van der Waals surface area contributed by atoms with Gasteiger partial charge in [-0.1, -0.05) is 0 Å². The van der Waals surface area contributed by atoms with E-state index in [-0.39, 0.29) is 13.2 Å². The minimum Gasteiger partial charge on any atom is -0.486 e. The summed E-state index contributed by atoms with van der Waals surface area (Å²) < 4.78 is 11.0. The molecule has 0 radical (unpaired) electrons. The second kappa shape index (κ2) is 5.59. The summed E-state index contributed by atoms with van der Waals surface area (Å²) in [5.74, 6) is 1.00. The molecule has 1 aromatic rings. The molecule has 0 fully saturated rings. The van der Waals surface area contributed by atoms with Crippen LogP contribution in [0.3, 0.4) is 0 Å². The molecule has 0 aliphatic carbocycles. The van der Waals surface area contributed by atoms with Crippen LogP contribution in [-0.2, 0) is 0 Å². The first-order valence-corrected chi connectivity index (χ1v) is 5.83. The topological polar surface area (TPSA) is 78.1 Å². The van der Waals surface area contributed by atoms with Gasteiger partial charge in [0.2, 0.25) is 0 Å². The molecule has 1 heterocycles. The molecule has 1 aromatic carbocycles. The molecule has 19 heavy (non-hydrogen) atoms. The van der Waals surface area contributed by atoms with Crippen molar-refractivity contribution < 1.29 is 14.6 Å². The molecular formula is C13H15N3O3. The lowest BCUT2D eigenvalue weighted by molar-refractivity contribution is 0.0457. The lowest BCUT2D eigenvalue weighted by atomic mass is 10.1. The summed E-state index contributed by atoms with van der Waals surface area (Å²) in [5.41, 5.74) is 0.931. The monoisotopic (exact) mass is 261 g/mol. The van der Waals surface area contributed by atoms with Crippen molar-refractivity contribution in [3.63, 3.8) is 0 Å². The maximum atomic E-state index is 9.13. The van der Waals surface area contributed by atoms with Crippen molar-refractivity contribution in [2.45, 2.75) is 6.10 Å². The standard InChI is InChI=1S/C13H15N3O3/c1-16(2)8-15-11-4-12-13(3-9(11)5-14)19-10(6-17)7-18-12/h3-4,8,10,17H,6-7H2,1-2H3. The zero-order valence-electron chi connectivity index (χ0n) is 10.8. The van der Waals surface area contributed by atoms with Crippen molar-refractivity contribution >= 4 is 12.0 Å². The Morgan fingerprint density at radius 3 is 2.95 bits per heavy atom. The molecule has 1 N–H and O–H groups in total. The highest BCUT2D eigenvalue weighted by atomic mass is 16.6. The van der Waals surface area contributed by atoms with E-state index in [2.05, 4.69) is 11.1 Å². The largest absolute Gasteiger partial charge is 0.486 e. The number of hydrogen-bond acceptors (Lipinski definition) is 5. The van der Waals surface area contributed by atoms with Gasteiger partial charge in [0.1, 0.15) is 12.7 Å². The predicted molar refractivity (Wildman–Crippen MR) is 70.0 cm³/mol. The van der Waals surface area contributed by atoms with Gasteiger partial charge in [-0.15, -0.1) is 0 Å². The molecule has 1 aliphatic heterocycles. The molecule has 6 heteroatoms. The first kappa shape index (κ1) is 13.2. The van der Waals surface area contributed by atoms with Gasteiger partial charge in [0.25, 0.3) is 0 Å². The van der Waals surface area contributed by atoms with Gasteiger partial charge in [0, 0.05) is 26.2 Å². The molecule has 0 aromatic heterocycles. The summed E-state index contributed by atoms with van der Waals surface area (Å²) in [7, 11) is 3.69. The van der Waals surface area contributed by atoms with Crippen LogP contribution in [0, 0.1) is 11.3 Å². The van der Waals surface area contributed by atoms with E-state index in [4.69, 9.17) is 19.8 Å². The first-order chi connectivity index (χ1) is 9.13. The zero-order valence-corrected chi connectivity index (χ0v) is 10.8. The van der Waals surface area contributed by atoms with E-state index in [9.17, 15) is 0 Å². The maximum Gasteiger partial charge on any atom is 0.163 e. The molecule has 0 spiro atoms. The molecular weight excluding hydrogens is 246 g/mol. The summed E-state index contributed by atoms with van der Waals surface area (Å²) in [4.78, 5) is 5.99. The second-order valence-corrected chi connectivity index (χ2v) is 4.37. The van der Waals surface area contributed by atoms with Crippen LogP contribution in [0.5, 0.6) is 11.5 Å². The number of fused-ring (bicyclic) bond motifs is 1. The number of nitrogens with zero attached hydrogens (tertiary/aromatic N) is 3. The fourth-order valence-corrected chi connectivity index (χ4v) is 1.61. The Bertz CT molecular complexity index is 535. The van der Waals surface area contributed by atoms with Crippen LogP contribution in [0.2, 0.25) is 0 Å². The molecule has 1 unspecified atom stereocenters. The summed E-state index contributed by atoms with van der Waals surface area (Å²) >= 11 is 0. The quantitative estimate of drug-likeness (QED) is 0.646. The van der Waals surface area contributed by atoms with E-state index in [1.807, 2.05) is 14.1 Å². The Hall–Kier alpha value is -2.26. The average molecular weight is 261 g/mol. The van der Waals surface area contributed by atoms with Gasteiger partial charge in [-0.25, -0.2) is 4.99 Å². The molecule has 100 valence electrons. The van der Waals surface area contributed by atoms with Gasteiger partial charge in [-0.3, -0.25) is 0 Å². The van der Waals surface area contributed by atoms with Crippen molar-refractivity contribution in [3.05, 3.63) is 17.7 Å². The number of aliphatic hydroxyl groups is 1. The van der Waals surface area contributed by atoms with Crippen LogP contribution in [0.4, 0.5) is 5.69 Å². The van der Waals surface area contributed by atoms with E-state index in [0.29, 0.717) is 22.7 Å². The van der Waals surface area contributed by atoms with Gasteiger partial charge >= 0.3 is 0 Å². The van der Waals surface area contributed by atoms with Crippen molar-refractivity contribution in [3.8, 4) is 17.6 Å². The van der Waals surface area contributed by atoms with E-state index < -0.39 is 6.10 Å². The normalized spacial score (nSPS) is 17.3. The highest BCUT2D eigenvalue weighted by Gasteiger charge is 2.22. The van der Waals surface area contributed by atoms with Crippen LogP contribution in [0.25, 0.3) is 0 Å². The van der Waals surface area contributed by atoms with Crippen LogP contribution < -0.4 is 9.47 Å². The van der Waals surface area contributed by atoms with Crippen LogP contribution in [-0.4, -0.2) is 49.8 Å². The number of aliphatic imine (C=N–C) groups is 1. The van der Waals surface area contributed by atoms with Gasteiger partial charge < -0.3 is 19.5 Å². The van der Waals surface area contributed by atoms with E-state index in [1.54, 1.807) is 23.4 Å². The fraction of sp³-hybridized carbons (Fsp3) is 0.385. The average Bonchev–Trinajstić information content (AvgIpc) is 2.43. The van der Waals surface area contributed by atoms with Gasteiger partial charge in [0.15, 0.2) is 17.6 Å². The lowest BCUT2D eigenvalue weighted by Gasteiger charge is -2.25. The second-order valence-electron chi connectivity index (χ2n) is 4.37. The molecule has 0 saturated carbocycles. The molecule has 0 saturated heterocycles. The number of ether oxygens (including phenoxy) is 2. The summed E-state index contributed by atoms with van der Waals surface area (Å²) in [6.07, 6.45) is 1.22.